The standard InChI is InChI=1S/C23H25N3O2/c1-26-15-19(14-24-26)22(18-12-20(27)13-18)25-23(28)21(16-8-4-2-5-9-16)17-10-6-3-7-11-17/h2-11,14-15,18,20-22,27H,12-13H2,1H3,(H,25,28). The summed E-state index contributed by atoms with van der Waals surface area (Å²) in [5.74, 6) is -0.199. The minimum atomic E-state index is -0.383. The first-order valence-electron chi connectivity index (χ1n) is 9.68. The fourth-order valence-electron chi connectivity index (χ4n) is 4.00. The molecule has 2 N–H and O–H groups in total. The van der Waals surface area contributed by atoms with Gasteiger partial charge in [0, 0.05) is 18.8 Å². The number of aliphatic hydroxyl groups is 1. The molecular weight excluding hydrogens is 350 g/mol. The predicted octanol–water partition coefficient (Wildman–Crippen LogP) is 3.18. The Bertz CT molecular complexity index is 878. The van der Waals surface area contributed by atoms with Crippen LogP contribution >= 0.6 is 0 Å². The number of carbonyl (C=O) groups is 1. The highest BCUT2D eigenvalue weighted by molar-refractivity contribution is 5.87. The lowest BCUT2D eigenvalue weighted by Gasteiger charge is -2.38. The van der Waals surface area contributed by atoms with Crippen LogP contribution in [0.3, 0.4) is 0 Å². The van der Waals surface area contributed by atoms with E-state index in [1.807, 2.05) is 73.9 Å². The van der Waals surface area contributed by atoms with Gasteiger partial charge in [0.25, 0.3) is 0 Å². The summed E-state index contributed by atoms with van der Waals surface area (Å²) in [6.07, 6.45) is 4.86. The molecule has 0 saturated heterocycles. The maximum atomic E-state index is 13.5. The van der Waals surface area contributed by atoms with Gasteiger partial charge in [0.1, 0.15) is 0 Å². The Morgan fingerprint density at radius 2 is 1.61 bits per heavy atom. The lowest BCUT2D eigenvalue weighted by molar-refractivity contribution is -0.123. The maximum absolute atomic E-state index is 13.5. The smallest absolute Gasteiger partial charge is 0.232 e. The van der Waals surface area contributed by atoms with Gasteiger partial charge in [0.05, 0.1) is 24.3 Å². The average Bonchev–Trinajstić information content (AvgIpc) is 3.12. The molecule has 1 heterocycles. The lowest BCUT2D eigenvalue weighted by Crippen LogP contribution is -2.43. The summed E-state index contributed by atoms with van der Waals surface area (Å²) in [5, 5.41) is 17.3. The van der Waals surface area contributed by atoms with Crippen molar-refractivity contribution in [1.82, 2.24) is 15.1 Å². The molecule has 28 heavy (non-hydrogen) atoms. The summed E-state index contributed by atoms with van der Waals surface area (Å²) >= 11 is 0. The molecule has 1 fully saturated rings. The van der Waals surface area contributed by atoms with Crippen molar-refractivity contribution >= 4 is 5.91 Å². The number of hydrogen-bond acceptors (Lipinski definition) is 3. The molecule has 1 saturated carbocycles. The number of aliphatic hydroxyl groups excluding tert-OH is 1. The molecule has 5 nitrogen and oxygen atoms in total. The number of carbonyl (C=O) groups excluding carboxylic acids is 1. The van der Waals surface area contributed by atoms with Gasteiger partial charge in [-0.3, -0.25) is 9.48 Å². The van der Waals surface area contributed by atoms with Gasteiger partial charge >= 0.3 is 0 Å². The van der Waals surface area contributed by atoms with Crippen molar-refractivity contribution in [1.29, 1.82) is 0 Å². The molecule has 0 aliphatic heterocycles. The van der Waals surface area contributed by atoms with Crippen molar-refractivity contribution in [3.63, 3.8) is 0 Å². The average molecular weight is 375 g/mol. The van der Waals surface area contributed by atoms with E-state index in [1.54, 1.807) is 10.9 Å². The Balaban J connectivity index is 1.64. The van der Waals surface area contributed by atoms with Crippen LogP contribution < -0.4 is 5.32 Å². The summed E-state index contributed by atoms with van der Waals surface area (Å²) in [4.78, 5) is 13.5. The van der Waals surface area contributed by atoms with Crippen LogP contribution in [0.25, 0.3) is 0 Å². The molecular formula is C23H25N3O2. The van der Waals surface area contributed by atoms with E-state index in [0.29, 0.717) is 12.8 Å². The predicted molar refractivity (Wildman–Crippen MR) is 108 cm³/mol. The molecule has 0 spiro atoms. The Hall–Kier alpha value is -2.92. The molecule has 1 amide bonds. The van der Waals surface area contributed by atoms with E-state index < -0.39 is 0 Å². The third-order valence-corrected chi connectivity index (χ3v) is 5.53. The second-order valence-corrected chi connectivity index (χ2v) is 7.57. The third kappa shape index (κ3) is 3.85. The lowest BCUT2D eigenvalue weighted by atomic mass is 9.75. The number of aryl methyl sites for hydroxylation is 1. The van der Waals surface area contributed by atoms with E-state index in [1.165, 1.54) is 0 Å². The van der Waals surface area contributed by atoms with Crippen molar-refractivity contribution in [2.75, 3.05) is 0 Å². The number of benzene rings is 2. The Morgan fingerprint density at radius 3 is 2.07 bits per heavy atom. The highest BCUT2D eigenvalue weighted by Crippen LogP contribution is 2.38. The van der Waals surface area contributed by atoms with Gasteiger partial charge in [-0.05, 0) is 29.9 Å². The summed E-state index contributed by atoms with van der Waals surface area (Å²) in [5.41, 5.74) is 2.90. The monoisotopic (exact) mass is 375 g/mol. The van der Waals surface area contributed by atoms with Crippen molar-refractivity contribution in [3.05, 3.63) is 89.7 Å². The zero-order valence-electron chi connectivity index (χ0n) is 15.9. The second-order valence-electron chi connectivity index (χ2n) is 7.57. The van der Waals surface area contributed by atoms with E-state index in [9.17, 15) is 9.90 Å². The number of nitrogens with one attached hydrogen (secondary N) is 1. The normalized spacial score (nSPS) is 19.8. The van der Waals surface area contributed by atoms with Crippen LogP contribution in [0.1, 0.15) is 41.5 Å². The Morgan fingerprint density at radius 1 is 1.04 bits per heavy atom. The van der Waals surface area contributed by atoms with E-state index in [0.717, 1.165) is 16.7 Å². The molecule has 1 atom stereocenters. The van der Waals surface area contributed by atoms with Crippen LogP contribution in [0.2, 0.25) is 0 Å². The van der Waals surface area contributed by atoms with Crippen LogP contribution in [0.4, 0.5) is 0 Å². The van der Waals surface area contributed by atoms with Crippen molar-refractivity contribution in [2.24, 2.45) is 13.0 Å². The number of amides is 1. The van der Waals surface area contributed by atoms with Crippen molar-refractivity contribution in [2.45, 2.75) is 30.9 Å². The third-order valence-electron chi connectivity index (χ3n) is 5.53. The first kappa shape index (κ1) is 18.4. The topological polar surface area (TPSA) is 67.2 Å². The molecule has 5 heteroatoms. The molecule has 4 rings (SSSR count). The molecule has 2 aromatic carbocycles. The largest absolute Gasteiger partial charge is 0.393 e. The highest BCUT2D eigenvalue weighted by Gasteiger charge is 2.37. The van der Waals surface area contributed by atoms with Crippen molar-refractivity contribution in [3.8, 4) is 0 Å². The van der Waals surface area contributed by atoms with Crippen LogP contribution in [0.15, 0.2) is 73.1 Å². The van der Waals surface area contributed by atoms with Crippen molar-refractivity contribution < 1.29 is 9.90 Å². The Kier molecular flexibility index (Phi) is 5.26. The molecule has 1 unspecified atom stereocenters. The molecule has 3 aromatic rings. The molecule has 1 aliphatic rings. The van der Waals surface area contributed by atoms with Gasteiger partial charge in [-0.15, -0.1) is 0 Å². The zero-order valence-corrected chi connectivity index (χ0v) is 15.9. The number of hydrogen-bond donors (Lipinski definition) is 2. The molecule has 144 valence electrons. The van der Waals surface area contributed by atoms with Crippen LogP contribution in [-0.2, 0) is 11.8 Å². The maximum Gasteiger partial charge on any atom is 0.232 e. The van der Waals surface area contributed by atoms with E-state index in [2.05, 4.69) is 10.4 Å². The minimum Gasteiger partial charge on any atom is -0.393 e. The Labute approximate surface area is 165 Å². The number of rotatable bonds is 6. The van der Waals surface area contributed by atoms with Gasteiger partial charge in [0.2, 0.25) is 5.91 Å². The first-order valence-corrected chi connectivity index (χ1v) is 9.68. The summed E-state index contributed by atoms with van der Waals surface area (Å²) in [6.45, 7) is 0. The summed E-state index contributed by atoms with van der Waals surface area (Å²) in [7, 11) is 1.87. The highest BCUT2D eigenvalue weighted by atomic mass is 16.3. The van der Waals surface area contributed by atoms with E-state index >= 15 is 0 Å². The summed E-state index contributed by atoms with van der Waals surface area (Å²) < 4.78 is 1.75. The molecule has 0 radical (unpaired) electrons. The second kappa shape index (κ2) is 7.98. The fraction of sp³-hybridized carbons (Fsp3) is 0.304. The summed E-state index contributed by atoms with van der Waals surface area (Å²) in [6, 6.07) is 19.5. The van der Waals surface area contributed by atoms with E-state index in [-0.39, 0.29) is 29.9 Å². The van der Waals surface area contributed by atoms with E-state index in [4.69, 9.17) is 0 Å². The first-order chi connectivity index (χ1) is 13.6. The van der Waals surface area contributed by atoms with Crippen LogP contribution in [0.5, 0.6) is 0 Å². The van der Waals surface area contributed by atoms with Gasteiger partial charge in [-0.2, -0.15) is 5.10 Å². The van der Waals surface area contributed by atoms with Gasteiger partial charge in [0.15, 0.2) is 0 Å². The quantitative estimate of drug-likeness (QED) is 0.695. The fourth-order valence-corrected chi connectivity index (χ4v) is 4.00. The number of nitrogens with zero attached hydrogens (tertiary/aromatic N) is 2. The zero-order chi connectivity index (χ0) is 19.5. The SMILES string of the molecule is Cn1cc(C(NC(=O)C(c2ccccc2)c2ccccc2)C2CC(O)C2)cn1. The minimum absolute atomic E-state index is 0.0346. The number of aromatic nitrogens is 2. The van der Waals surface area contributed by atoms with Gasteiger partial charge in [-0.1, -0.05) is 60.7 Å². The van der Waals surface area contributed by atoms with Crippen LogP contribution in [-0.4, -0.2) is 26.9 Å². The molecule has 1 aliphatic carbocycles. The van der Waals surface area contributed by atoms with Crippen LogP contribution in [0, 0.1) is 5.92 Å². The molecule has 0 bridgehead atoms. The van der Waals surface area contributed by atoms with Gasteiger partial charge < -0.3 is 10.4 Å². The molecule has 1 aromatic heterocycles. The van der Waals surface area contributed by atoms with Gasteiger partial charge in [-0.25, -0.2) is 0 Å².